The molecule has 1 unspecified atom stereocenters. The van der Waals surface area contributed by atoms with Crippen LogP contribution >= 0.6 is 0 Å². The van der Waals surface area contributed by atoms with E-state index >= 15 is 0 Å². The summed E-state index contributed by atoms with van der Waals surface area (Å²) in [5.41, 5.74) is -0.428. The number of rotatable bonds is 5. The zero-order chi connectivity index (χ0) is 13.3. The number of nitrogens with zero attached hydrogens (tertiary/aromatic N) is 1. The fraction of sp³-hybridized carbons (Fsp3) is 0.364. The maximum absolute atomic E-state index is 13.1. The number of halogens is 1. The van der Waals surface area contributed by atoms with Gasteiger partial charge in [-0.3, -0.25) is 10.1 Å². The van der Waals surface area contributed by atoms with Gasteiger partial charge in [-0.15, -0.1) is 0 Å². The molecule has 2 N–H and O–H groups in total. The van der Waals surface area contributed by atoms with E-state index in [4.69, 9.17) is 5.11 Å². The molecule has 0 amide bonds. The normalized spacial score (nSPS) is 16.1. The number of nitro benzene ring substituents is 1. The highest BCUT2D eigenvalue weighted by atomic mass is 19.1. The first-order valence-electron chi connectivity index (χ1n) is 5.42. The van der Waals surface area contributed by atoms with Gasteiger partial charge in [0.15, 0.2) is 0 Å². The van der Waals surface area contributed by atoms with E-state index in [1.807, 2.05) is 0 Å². The average Bonchev–Trinajstić information content (AvgIpc) is 3.08. The van der Waals surface area contributed by atoms with E-state index in [1.54, 1.807) is 0 Å². The summed E-state index contributed by atoms with van der Waals surface area (Å²) in [6.07, 6.45) is 1.51. The van der Waals surface area contributed by atoms with Gasteiger partial charge in [-0.1, -0.05) is 0 Å². The number of hydrogen-bond acceptors (Lipinski definition) is 4. The minimum atomic E-state index is -1.09. The topological polar surface area (TPSA) is 92.5 Å². The zero-order valence-corrected chi connectivity index (χ0v) is 9.30. The van der Waals surface area contributed by atoms with Gasteiger partial charge >= 0.3 is 5.97 Å². The van der Waals surface area contributed by atoms with Gasteiger partial charge in [-0.25, -0.2) is 9.18 Å². The molecule has 1 aromatic rings. The number of carboxylic acid groups (broad SMARTS) is 1. The number of carboxylic acids is 1. The summed E-state index contributed by atoms with van der Waals surface area (Å²) in [4.78, 5) is 21.1. The van der Waals surface area contributed by atoms with Crippen molar-refractivity contribution in [1.29, 1.82) is 0 Å². The van der Waals surface area contributed by atoms with Crippen molar-refractivity contribution in [2.24, 2.45) is 5.92 Å². The molecule has 1 fully saturated rings. The minimum Gasteiger partial charge on any atom is -0.480 e. The van der Waals surface area contributed by atoms with Crippen LogP contribution in [0.15, 0.2) is 18.2 Å². The molecule has 1 atom stereocenters. The zero-order valence-electron chi connectivity index (χ0n) is 9.30. The second-order valence-corrected chi connectivity index (χ2v) is 4.22. The second kappa shape index (κ2) is 4.59. The number of carbonyl (C=O) groups is 1. The summed E-state index contributed by atoms with van der Waals surface area (Å²) in [6.45, 7) is 0. The van der Waals surface area contributed by atoms with Crippen molar-refractivity contribution in [3.05, 3.63) is 34.1 Å². The molecule has 0 saturated heterocycles. The van der Waals surface area contributed by atoms with Gasteiger partial charge in [0.05, 0.1) is 4.92 Å². The maximum atomic E-state index is 13.1. The number of hydrogen-bond donors (Lipinski definition) is 2. The van der Waals surface area contributed by atoms with E-state index in [1.165, 1.54) is 0 Å². The highest BCUT2D eigenvalue weighted by Gasteiger charge is 2.37. The molecule has 7 heteroatoms. The van der Waals surface area contributed by atoms with E-state index in [2.05, 4.69) is 5.32 Å². The third kappa shape index (κ3) is 2.55. The van der Waals surface area contributed by atoms with Gasteiger partial charge in [0.1, 0.15) is 17.5 Å². The Balaban J connectivity index is 2.28. The predicted octanol–water partition coefficient (Wildman–Crippen LogP) is 2.01. The molecule has 1 aliphatic carbocycles. The van der Waals surface area contributed by atoms with Gasteiger partial charge in [0, 0.05) is 12.1 Å². The minimum absolute atomic E-state index is 0.0506. The summed E-state index contributed by atoms with van der Waals surface area (Å²) in [5.74, 6) is -1.79. The number of anilines is 1. The molecule has 0 heterocycles. The van der Waals surface area contributed by atoms with Crippen LogP contribution < -0.4 is 5.32 Å². The van der Waals surface area contributed by atoms with Crippen LogP contribution in [0.1, 0.15) is 12.8 Å². The van der Waals surface area contributed by atoms with Gasteiger partial charge in [-0.2, -0.15) is 0 Å². The van der Waals surface area contributed by atoms with Crippen molar-refractivity contribution < 1.29 is 19.2 Å². The smallest absolute Gasteiger partial charge is 0.326 e. The van der Waals surface area contributed by atoms with Crippen molar-refractivity contribution >= 4 is 17.3 Å². The SMILES string of the molecule is O=C(O)C(Nc1cc(F)ccc1[N+](=O)[O-])C1CC1. The van der Waals surface area contributed by atoms with Crippen molar-refractivity contribution in [1.82, 2.24) is 0 Å². The average molecular weight is 254 g/mol. The Bertz CT molecular complexity index is 502. The Morgan fingerprint density at radius 1 is 1.56 bits per heavy atom. The molecule has 0 spiro atoms. The molecule has 18 heavy (non-hydrogen) atoms. The van der Waals surface area contributed by atoms with Crippen LogP contribution in [0.2, 0.25) is 0 Å². The lowest BCUT2D eigenvalue weighted by Crippen LogP contribution is -2.31. The van der Waals surface area contributed by atoms with Crippen molar-refractivity contribution in [2.75, 3.05) is 5.32 Å². The molecule has 2 rings (SSSR count). The predicted molar refractivity (Wildman–Crippen MR) is 60.8 cm³/mol. The molecule has 6 nitrogen and oxygen atoms in total. The molecule has 1 saturated carbocycles. The Hall–Kier alpha value is -2.18. The second-order valence-electron chi connectivity index (χ2n) is 4.22. The summed E-state index contributed by atoms with van der Waals surface area (Å²) < 4.78 is 13.1. The lowest BCUT2D eigenvalue weighted by molar-refractivity contribution is -0.384. The lowest BCUT2D eigenvalue weighted by atomic mass is 10.1. The maximum Gasteiger partial charge on any atom is 0.326 e. The van der Waals surface area contributed by atoms with E-state index in [0.29, 0.717) is 0 Å². The number of benzene rings is 1. The summed E-state index contributed by atoms with van der Waals surface area (Å²) >= 11 is 0. The van der Waals surface area contributed by atoms with E-state index in [0.717, 1.165) is 31.0 Å². The van der Waals surface area contributed by atoms with Crippen LogP contribution in [0.5, 0.6) is 0 Å². The first-order chi connectivity index (χ1) is 8.49. The largest absolute Gasteiger partial charge is 0.480 e. The molecule has 1 aliphatic rings. The monoisotopic (exact) mass is 254 g/mol. The summed E-state index contributed by atoms with van der Waals surface area (Å²) in [7, 11) is 0. The van der Waals surface area contributed by atoms with Gasteiger partial charge < -0.3 is 10.4 Å². The van der Waals surface area contributed by atoms with Crippen LogP contribution in [0.25, 0.3) is 0 Å². The van der Waals surface area contributed by atoms with Gasteiger partial charge in [-0.05, 0) is 24.8 Å². The molecule has 1 aromatic carbocycles. The van der Waals surface area contributed by atoms with E-state index in [9.17, 15) is 19.3 Å². The summed E-state index contributed by atoms with van der Waals surface area (Å²) in [5, 5.41) is 22.3. The number of nitro groups is 1. The van der Waals surface area contributed by atoms with Crippen LogP contribution in [-0.2, 0) is 4.79 Å². The summed E-state index contributed by atoms with van der Waals surface area (Å²) in [6, 6.07) is 2.02. The van der Waals surface area contributed by atoms with E-state index in [-0.39, 0.29) is 17.3 Å². The Kier molecular flexibility index (Phi) is 3.14. The van der Waals surface area contributed by atoms with Gasteiger partial charge in [0.2, 0.25) is 0 Å². The standard InChI is InChI=1S/C11H11FN2O4/c12-7-3-4-9(14(17)18)8(5-7)13-10(11(15)16)6-1-2-6/h3-6,10,13H,1-2H2,(H,15,16). The van der Waals surface area contributed by atoms with Crippen LogP contribution in [0.4, 0.5) is 15.8 Å². The highest BCUT2D eigenvalue weighted by Crippen LogP contribution is 2.36. The third-order valence-electron chi connectivity index (χ3n) is 2.83. The van der Waals surface area contributed by atoms with Crippen LogP contribution in [0.3, 0.4) is 0 Å². The number of aliphatic carboxylic acids is 1. The number of nitrogens with one attached hydrogen (secondary N) is 1. The molecule has 0 bridgehead atoms. The highest BCUT2D eigenvalue weighted by molar-refractivity contribution is 5.79. The Morgan fingerprint density at radius 3 is 2.72 bits per heavy atom. The van der Waals surface area contributed by atoms with Crippen molar-refractivity contribution in [3.8, 4) is 0 Å². The quantitative estimate of drug-likeness (QED) is 0.619. The van der Waals surface area contributed by atoms with Crippen molar-refractivity contribution in [3.63, 3.8) is 0 Å². The Morgan fingerprint density at radius 2 is 2.22 bits per heavy atom. The lowest BCUT2D eigenvalue weighted by Gasteiger charge is -2.14. The molecule has 96 valence electrons. The van der Waals surface area contributed by atoms with Crippen LogP contribution in [-0.4, -0.2) is 22.0 Å². The van der Waals surface area contributed by atoms with Crippen LogP contribution in [0, 0.1) is 21.8 Å². The third-order valence-corrected chi connectivity index (χ3v) is 2.83. The molecule has 0 radical (unpaired) electrons. The Labute approximate surface area is 102 Å². The fourth-order valence-electron chi connectivity index (χ4n) is 1.76. The molecule has 0 aliphatic heterocycles. The molecular weight excluding hydrogens is 243 g/mol. The molecule has 0 aromatic heterocycles. The first kappa shape index (κ1) is 12.3. The fourth-order valence-corrected chi connectivity index (χ4v) is 1.76. The van der Waals surface area contributed by atoms with Gasteiger partial charge in [0.25, 0.3) is 5.69 Å². The van der Waals surface area contributed by atoms with E-state index < -0.39 is 22.8 Å². The first-order valence-corrected chi connectivity index (χ1v) is 5.42. The molecular formula is C11H11FN2O4. The van der Waals surface area contributed by atoms with Crippen molar-refractivity contribution in [2.45, 2.75) is 18.9 Å².